The second-order valence-corrected chi connectivity index (χ2v) is 5.87. The molecular weight excluding hydrogens is 308 g/mol. The zero-order chi connectivity index (χ0) is 17.3. The smallest absolute Gasteiger partial charge is 0.373 e. The van der Waals surface area contributed by atoms with Crippen molar-refractivity contribution in [2.75, 3.05) is 18.6 Å². The molecule has 0 unspecified atom stereocenters. The molecular formula is C18H20N2O4. The first-order valence-corrected chi connectivity index (χ1v) is 7.86. The van der Waals surface area contributed by atoms with E-state index in [1.807, 2.05) is 31.2 Å². The lowest BCUT2D eigenvalue weighted by molar-refractivity contribution is -0.119. The second kappa shape index (κ2) is 6.39. The Bertz CT molecular complexity index is 768. The quantitative estimate of drug-likeness (QED) is 0.872. The number of benzene rings is 1. The molecule has 24 heavy (non-hydrogen) atoms. The summed E-state index contributed by atoms with van der Waals surface area (Å²) in [5.41, 5.74) is 7.44. The van der Waals surface area contributed by atoms with Gasteiger partial charge in [-0.2, -0.15) is 0 Å². The highest BCUT2D eigenvalue weighted by molar-refractivity contribution is 5.86. The molecule has 2 heterocycles. The fourth-order valence-electron chi connectivity index (χ4n) is 3.23. The Labute approximate surface area is 140 Å². The number of carbonyl (C=O) groups is 2. The predicted octanol–water partition coefficient (Wildman–Crippen LogP) is 2.61. The molecule has 0 saturated heterocycles. The van der Waals surface area contributed by atoms with E-state index in [-0.39, 0.29) is 23.6 Å². The summed E-state index contributed by atoms with van der Waals surface area (Å²) in [6.45, 7) is 2.68. The van der Waals surface area contributed by atoms with Crippen LogP contribution in [0, 0.1) is 0 Å². The van der Waals surface area contributed by atoms with Gasteiger partial charge < -0.3 is 19.8 Å². The van der Waals surface area contributed by atoms with Crippen molar-refractivity contribution in [3.8, 4) is 0 Å². The van der Waals surface area contributed by atoms with Gasteiger partial charge in [0.1, 0.15) is 5.76 Å². The van der Waals surface area contributed by atoms with Crippen LogP contribution in [0.1, 0.15) is 47.2 Å². The standard InChI is InChI=1S/C18H20N2O4/c1-11(15-7-8-16(24-15)18(22)23-2)20-10-9-13(17(19)21)12-5-3-4-6-14(12)20/h3-8,11,13H,9-10H2,1-2H3,(H2,19,21)/t11-,13-/m1/s1. The van der Waals surface area contributed by atoms with Crippen molar-refractivity contribution in [3.05, 3.63) is 53.5 Å². The number of carbonyl (C=O) groups excluding carboxylic acids is 2. The van der Waals surface area contributed by atoms with Gasteiger partial charge in [-0.25, -0.2) is 4.79 Å². The molecule has 0 saturated carbocycles. The highest BCUT2D eigenvalue weighted by Gasteiger charge is 2.32. The van der Waals surface area contributed by atoms with Gasteiger partial charge in [-0.3, -0.25) is 4.79 Å². The molecule has 2 aromatic rings. The lowest BCUT2D eigenvalue weighted by Crippen LogP contribution is -2.37. The summed E-state index contributed by atoms with van der Waals surface area (Å²) in [6, 6.07) is 11.1. The van der Waals surface area contributed by atoms with Crippen molar-refractivity contribution < 1.29 is 18.7 Å². The molecule has 0 spiro atoms. The van der Waals surface area contributed by atoms with Crippen molar-refractivity contribution >= 4 is 17.6 Å². The van der Waals surface area contributed by atoms with Gasteiger partial charge >= 0.3 is 5.97 Å². The first-order valence-electron chi connectivity index (χ1n) is 7.86. The number of hydrogen-bond acceptors (Lipinski definition) is 5. The molecule has 0 bridgehead atoms. The van der Waals surface area contributed by atoms with Crippen LogP contribution in [-0.2, 0) is 9.53 Å². The number of para-hydroxylation sites is 1. The molecule has 1 aromatic carbocycles. The molecule has 2 N–H and O–H groups in total. The van der Waals surface area contributed by atoms with Crippen LogP contribution in [0.4, 0.5) is 5.69 Å². The number of methoxy groups -OCH3 is 1. The molecule has 6 nitrogen and oxygen atoms in total. The Morgan fingerprint density at radius 1 is 1.29 bits per heavy atom. The molecule has 0 radical (unpaired) electrons. The minimum Gasteiger partial charge on any atom is -0.463 e. The Morgan fingerprint density at radius 3 is 2.75 bits per heavy atom. The van der Waals surface area contributed by atoms with Crippen LogP contribution in [0.2, 0.25) is 0 Å². The molecule has 1 aromatic heterocycles. The number of nitrogens with zero attached hydrogens (tertiary/aromatic N) is 1. The monoisotopic (exact) mass is 328 g/mol. The highest BCUT2D eigenvalue weighted by Crippen LogP contribution is 2.39. The average molecular weight is 328 g/mol. The zero-order valence-electron chi connectivity index (χ0n) is 13.7. The lowest BCUT2D eigenvalue weighted by Gasteiger charge is -2.37. The van der Waals surface area contributed by atoms with Crippen LogP contribution in [-0.4, -0.2) is 25.5 Å². The number of amides is 1. The molecule has 0 aliphatic carbocycles. The minimum absolute atomic E-state index is 0.0848. The lowest BCUT2D eigenvalue weighted by atomic mass is 9.88. The van der Waals surface area contributed by atoms with Gasteiger partial charge in [-0.1, -0.05) is 18.2 Å². The van der Waals surface area contributed by atoms with Crippen molar-refractivity contribution in [2.45, 2.75) is 25.3 Å². The Kier molecular flexibility index (Phi) is 4.29. The van der Waals surface area contributed by atoms with Gasteiger partial charge in [-0.05, 0) is 37.1 Å². The van der Waals surface area contributed by atoms with Crippen LogP contribution in [0.3, 0.4) is 0 Å². The largest absolute Gasteiger partial charge is 0.463 e. The van der Waals surface area contributed by atoms with Crippen LogP contribution >= 0.6 is 0 Å². The Hall–Kier alpha value is -2.76. The molecule has 6 heteroatoms. The summed E-state index contributed by atoms with van der Waals surface area (Å²) in [5.74, 6) is -0.226. The topological polar surface area (TPSA) is 85.8 Å². The number of esters is 1. The molecule has 1 aliphatic heterocycles. The third-order valence-corrected chi connectivity index (χ3v) is 4.52. The van der Waals surface area contributed by atoms with E-state index >= 15 is 0 Å². The van der Waals surface area contributed by atoms with Gasteiger partial charge in [0.15, 0.2) is 0 Å². The maximum Gasteiger partial charge on any atom is 0.373 e. The molecule has 0 fully saturated rings. The summed E-state index contributed by atoms with van der Waals surface area (Å²) in [4.78, 5) is 25.4. The van der Waals surface area contributed by atoms with E-state index in [0.717, 1.165) is 11.3 Å². The normalized spacial score (nSPS) is 17.9. The maximum absolute atomic E-state index is 11.7. The minimum atomic E-state index is -0.499. The number of anilines is 1. The maximum atomic E-state index is 11.7. The first kappa shape index (κ1) is 16.1. The number of nitrogens with two attached hydrogens (primary N) is 1. The van der Waals surface area contributed by atoms with E-state index in [4.69, 9.17) is 10.2 Å². The van der Waals surface area contributed by atoms with E-state index in [2.05, 4.69) is 9.64 Å². The predicted molar refractivity (Wildman–Crippen MR) is 88.8 cm³/mol. The number of primary amides is 1. The molecule has 1 aliphatic rings. The molecule has 2 atom stereocenters. The van der Waals surface area contributed by atoms with Crippen LogP contribution in [0.5, 0.6) is 0 Å². The number of rotatable bonds is 4. The first-order chi connectivity index (χ1) is 11.5. The Morgan fingerprint density at radius 2 is 2.04 bits per heavy atom. The number of hydrogen-bond donors (Lipinski definition) is 1. The zero-order valence-corrected chi connectivity index (χ0v) is 13.7. The van der Waals surface area contributed by atoms with Gasteiger partial charge in [0, 0.05) is 12.2 Å². The summed E-state index contributed by atoms with van der Waals surface area (Å²) in [6.07, 6.45) is 0.654. The van der Waals surface area contributed by atoms with Crippen LogP contribution < -0.4 is 10.6 Å². The SMILES string of the molecule is COC(=O)c1ccc([C@@H](C)N2CC[C@@H](C(N)=O)c3ccccc32)o1. The summed E-state index contributed by atoms with van der Waals surface area (Å²) >= 11 is 0. The molecule has 126 valence electrons. The van der Waals surface area contributed by atoms with Gasteiger partial charge in [-0.15, -0.1) is 0 Å². The summed E-state index contributed by atoms with van der Waals surface area (Å²) < 4.78 is 10.3. The fourth-order valence-corrected chi connectivity index (χ4v) is 3.23. The van der Waals surface area contributed by atoms with Gasteiger partial charge in [0.05, 0.1) is 19.1 Å². The van der Waals surface area contributed by atoms with E-state index in [0.29, 0.717) is 18.7 Å². The Balaban J connectivity index is 1.92. The van der Waals surface area contributed by atoms with Crippen molar-refractivity contribution in [1.29, 1.82) is 0 Å². The van der Waals surface area contributed by atoms with Crippen molar-refractivity contribution in [2.24, 2.45) is 5.73 Å². The van der Waals surface area contributed by atoms with E-state index in [1.165, 1.54) is 7.11 Å². The van der Waals surface area contributed by atoms with Crippen molar-refractivity contribution in [1.82, 2.24) is 0 Å². The van der Waals surface area contributed by atoms with Gasteiger partial charge in [0.25, 0.3) is 0 Å². The summed E-state index contributed by atoms with van der Waals surface area (Å²) in [7, 11) is 1.32. The third-order valence-electron chi connectivity index (χ3n) is 4.52. The third kappa shape index (κ3) is 2.75. The highest BCUT2D eigenvalue weighted by atomic mass is 16.5. The number of fused-ring (bicyclic) bond motifs is 1. The van der Waals surface area contributed by atoms with Gasteiger partial charge in [0.2, 0.25) is 11.7 Å². The summed E-state index contributed by atoms with van der Waals surface area (Å²) in [5, 5.41) is 0. The van der Waals surface area contributed by atoms with Crippen LogP contribution in [0.15, 0.2) is 40.8 Å². The van der Waals surface area contributed by atoms with Crippen LogP contribution in [0.25, 0.3) is 0 Å². The van der Waals surface area contributed by atoms with Crippen molar-refractivity contribution in [3.63, 3.8) is 0 Å². The molecule has 1 amide bonds. The number of ether oxygens (including phenoxy) is 1. The second-order valence-electron chi connectivity index (χ2n) is 5.87. The molecule has 3 rings (SSSR count). The average Bonchev–Trinajstić information content (AvgIpc) is 3.09. The number of furan rings is 1. The van der Waals surface area contributed by atoms with E-state index < -0.39 is 5.97 Å². The fraction of sp³-hybridized carbons (Fsp3) is 0.333. The van der Waals surface area contributed by atoms with E-state index in [9.17, 15) is 9.59 Å². The van der Waals surface area contributed by atoms with E-state index in [1.54, 1.807) is 12.1 Å².